The summed E-state index contributed by atoms with van der Waals surface area (Å²) in [6.07, 6.45) is -2.00. The monoisotopic (exact) mass is 401 g/mol. The van der Waals surface area contributed by atoms with Crippen molar-refractivity contribution in [2.75, 3.05) is 18.7 Å². The first kappa shape index (κ1) is 18.4. The number of rotatable bonds is 4. The maximum Gasteiger partial charge on any atom is 0.469 e. The third-order valence-corrected chi connectivity index (χ3v) is 4.96. The first-order chi connectivity index (χ1) is 12.7. The first-order valence-electron chi connectivity index (χ1n) is 7.95. The second-order valence-electron chi connectivity index (χ2n) is 6.27. The Morgan fingerprint density at radius 3 is 2.78 bits per heavy atom. The molecule has 14 heteroatoms. The Morgan fingerprint density at radius 2 is 2.07 bits per heavy atom. The van der Waals surface area contributed by atoms with E-state index in [2.05, 4.69) is 19.6 Å². The number of aromatic nitrogens is 4. The van der Waals surface area contributed by atoms with Crippen molar-refractivity contribution in [1.29, 1.82) is 0 Å². The smallest absolute Gasteiger partial charge is 0.387 e. The predicted molar refractivity (Wildman–Crippen MR) is 88.6 cm³/mol. The number of imidazole rings is 1. The lowest BCUT2D eigenvalue weighted by atomic mass is 10.1. The molecule has 0 aromatic carbocycles. The van der Waals surface area contributed by atoms with Crippen molar-refractivity contribution in [3.8, 4) is 0 Å². The highest BCUT2D eigenvalue weighted by Crippen LogP contribution is 2.39. The van der Waals surface area contributed by atoms with Gasteiger partial charge in [-0.05, 0) is 5.10 Å². The van der Waals surface area contributed by atoms with Gasteiger partial charge in [0.2, 0.25) is 23.2 Å². The molecule has 2 aromatic heterocycles. The zero-order chi connectivity index (χ0) is 19.5. The number of aliphatic hydroxyl groups excluding tert-OH is 2. The molecule has 27 heavy (non-hydrogen) atoms. The van der Waals surface area contributed by atoms with Crippen LogP contribution in [0, 0.1) is 0 Å². The number of hydrazone groups is 1. The topological polar surface area (TPSA) is 167 Å². The summed E-state index contributed by atoms with van der Waals surface area (Å²) in [5.41, 5.74) is 1.08. The van der Waals surface area contributed by atoms with Crippen LogP contribution in [0.4, 0.5) is 5.82 Å². The molecule has 1 fully saturated rings. The molecular formula is C13H18N6O7P+. The van der Waals surface area contributed by atoms with E-state index < -0.39 is 39.0 Å². The fraction of sp³-hybridized carbons (Fsp3) is 0.538. The highest BCUT2D eigenvalue weighted by atomic mass is 31.2. The SMILES string of the molecule is CC1=NN(C)c2ncnc3c2[n+]1cn3[C@@H]1O[C@H](COP(=O)(O)O)[C@@H](O)[C@H]1O. The van der Waals surface area contributed by atoms with E-state index in [9.17, 15) is 14.8 Å². The van der Waals surface area contributed by atoms with E-state index >= 15 is 0 Å². The molecule has 0 unspecified atom stereocenters. The zero-order valence-corrected chi connectivity index (χ0v) is 15.2. The molecule has 146 valence electrons. The van der Waals surface area contributed by atoms with Crippen molar-refractivity contribution >= 4 is 30.6 Å². The Hall–Kier alpha value is -1.99. The van der Waals surface area contributed by atoms with Crippen LogP contribution in [0.3, 0.4) is 0 Å². The summed E-state index contributed by atoms with van der Waals surface area (Å²) in [6.45, 7) is 1.20. The molecule has 1 saturated heterocycles. The largest absolute Gasteiger partial charge is 0.469 e. The summed E-state index contributed by atoms with van der Waals surface area (Å²) in [5, 5.41) is 26.5. The zero-order valence-electron chi connectivity index (χ0n) is 14.3. The number of phosphoric acid groups is 1. The van der Waals surface area contributed by atoms with Gasteiger partial charge in [0.25, 0.3) is 5.84 Å². The highest BCUT2D eigenvalue weighted by Gasteiger charge is 2.47. The summed E-state index contributed by atoms with van der Waals surface area (Å²) in [5.74, 6) is 1.19. The molecule has 4 heterocycles. The van der Waals surface area contributed by atoms with Gasteiger partial charge < -0.3 is 24.7 Å². The van der Waals surface area contributed by atoms with Gasteiger partial charge in [-0.15, -0.1) is 0 Å². The van der Waals surface area contributed by atoms with E-state index in [1.807, 2.05) is 0 Å². The molecule has 4 rings (SSSR count). The van der Waals surface area contributed by atoms with Crippen LogP contribution >= 0.6 is 7.82 Å². The van der Waals surface area contributed by atoms with Gasteiger partial charge in [-0.2, -0.15) is 9.58 Å². The minimum absolute atomic E-state index is 0.439. The summed E-state index contributed by atoms with van der Waals surface area (Å²) in [4.78, 5) is 26.1. The normalized spacial score (nSPS) is 28.1. The van der Waals surface area contributed by atoms with Crippen LogP contribution in [0.15, 0.2) is 17.8 Å². The van der Waals surface area contributed by atoms with Crippen LogP contribution in [0.5, 0.6) is 0 Å². The molecule has 0 saturated carbocycles. The number of nitrogens with zero attached hydrogens (tertiary/aromatic N) is 6. The second-order valence-corrected chi connectivity index (χ2v) is 7.51. The number of anilines is 1. The fourth-order valence-electron chi connectivity index (χ4n) is 3.25. The van der Waals surface area contributed by atoms with Crippen LogP contribution in [0.2, 0.25) is 0 Å². The Kier molecular flexibility index (Phi) is 4.27. The minimum atomic E-state index is -4.73. The van der Waals surface area contributed by atoms with Crippen molar-refractivity contribution in [2.45, 2.75) is 31.5 Å². The lowest BCUT2D eigenvalue weighted by Crippen LogP contribution is -2.45. The number of ether oxygens (including phenoxy) is 1. The standard InChI is InChI=1S/C13H17N6O7P/c1-6-16-17(2)11-8-12(15-4-14-11)19(5-18(6)8)13-10(21)9(20)7(26-13)3-25-27(22,23)24/h4-5,7,9-10,13,20-21H,3H2,1-2H3,(H-,22,23,24)/p+1/t7-,9-,10-,13-/m1/s1. The van der Waals surface area contributed by atoms with E-state index in [4.69, 9.17) is 14.5 Å². The Labute approximate surface area is 152 Å². The van der Waals surface area contributed by atoms with Gasteiger partial charge in [0.1, 0.15) is 24.6 Å². The third kappa shape index (κ3) is 3.02. The van der Waals surface area contributed by atoms with Crippen LogP contribution in [0.1, 0.15) is 13.2 Å². The van der Waals surface area contributed by atoms with Gasteiger partial charge in [0.05, 0.1) is 6.61 Å². The second kappa shape index (κ2) is 6.27. The van der Waals surface area contributed by atoms with Crippen LogP contribution < -0.4 is 9.58 Å². The highest BCUT2D eigenvalue weighted by molar-refractivity contribution is 7.46. The molecule has 0 spiro atoms. The molecule has 4 atom stereocenters. The van der Waals surface area contributed by atoms with Crippen molar-refractivity contribution in [3.05, 3.63) is 12.7 Å². The van der Waals surface area contributed by atoms with Crippen LogP contribution in [-0.2, 0) is 13.8 Å². The Morgan fingerprint density at radius 1 is 1.33 bits per heavy atom. The maximum absolute atomic E-state index is 10.9. The lowest BCUT2D eigenvalue weighted by Gasteiger charge is -2.14. The van der Waals surface area contributed by atoms with Crippen molar-refractivity contribution in [1.82, 2.24) is 14.5 Å². The van der Waals surface area contributed by atoms with Crippen LogP contribution in [-0.4, -0.2) is 72.3 Å². The van der Waals surface area contributed by atoms with Gasteiger partial charge in [0.15, 0.2) is 6.33 Å². The summed E-state index contributed by atoms with van der Waals surface area (Å²) in [7, 11) is -2.99. The van der Waals surface area contributed by atoms with E-state index in [0.717, 1.165) is 0 Å². The molecule has 0 radical (unpaired) electrons. The predicted octanol–water partition coefficient (Wildman–Crippen LogP) is -1.92. The molecule has 2 aromatic rings. The molecule has 2 aliphatic heterocycles. The quantitative estimate of drug-likeness (QED) is 0.335. The number of phosphoric ester groups is 1. The first-order valence-corrected chi connectivity index (χ1v) is 9.48. The van der Waals surface area contributed by atoms with E-state index in [-0.39, 0.29) is 0 Å². The molecule has 0 amide bonds. The average Bonchev–Trinajstić information content (AvgIpc) is 3.11. The van der Waals surface area contributed by atoms with E-state index in [0.29, 0.717) is 22.8 Å². The number of hydrogen-bond acceptors (Lipinski definition) is 9. The van der Waals surface area contributed by atoms with Crippen molar-refractivity contribution < 1.29 is 38.4 Å². The fourth-order valence-corrected chi connectivity index (χ4v) is 3.59. The Bertz CT molecular complexity index is 973. The molecule has 0 bridgehead atoms. The average molecular weight is 401 g/mol. The number of aliphatic hydroxyl groups is 2. The molecule has 13 nitrogen and oxygen atoms in total. The third-order valence-electron chi connectivity index (χ3n) is 4.48. The van der Waals surface area contributed by atoms with Gasteiger partial charge in [-0.25, -0.2) is 19.1 Å². The lowest BCUT2D eigenvalue weighted by molar-refractivity contribution is -0.529. The summed E-state index contributed by atoms with van der Waals surface area (Å²) >= 11 is 0. The summed E-state index contributed by atoms with van der Waals surface area (Å²) < 4.78 is 24.1. The van der Waals surface area contributed by atoms with Gasteiger partial charge in [0, 0.05) is 14.0 Å². The van der Waals surface area contributed by atoms with Gasteiger partial charge >= 0.3 is 7.82 Å². The molecular weight excluding hydrogens is 383 g/mol. The molecule has 0 aliphatic carbocycles. The molecule has 4 N–H and O–H groups in total. The molecule has 2 aliphatic rings. The Balaban J connectivity index is 1.72. The maximum atomic E-state index is 10.9. The van der Waals surface area contributed by atoms with E-state index in [1.165, 1.54) is 10.9 Å². The van der Waals surface area contributed by atoms with Gasteiger partial charge in [-0.3, -0.25) is 4.52 Å². The van der Waals surface area contributed by atoms with Crippen molar-refractivity contribution in [3.63, 3.8) is 0 Å². The van der Waals surface area contributed by atoms with Gasteiger partial charge in [-0.1, -0.05) is 0 Å². The van der Waals surface area contributed by atoms with E-state index in [1.54, 1.807) is 29.9 Å². The van der Waals surface area contributed by atoms with Crippen LogP contribution in [0.25, 0.3) is 11.2 Å². The number of hydrogen-bond donors (Lipinski definition) is 4. The minimum Gasteiger partial charge on any atom is -0.387 e. The summed E-state index contributed by atoms with van der Waals surface area (Å²) in [6, 6.07) is 0. The van der Waals surface area contributed by atoms with Crippen molar-refractivity contribution in [2.24, 2.45) is 5.10 Å².